The van der Waals surface area contributed by atoms with Gasteiger partial charge in [0.2, 0.25) is 0 Å². The van der Waals surface area contributed by atoms with Crippen LogP contribution in [0.5, 0.6) is 5.75 Å². The molecule has 4 heteroatoms. The summed E-state index contributed by atoms with van der Waals surface area (Å²) in [6, 6.07) is 4.68. The number of hydrogen-bond acceptors (Lipinski definition) is 2. The first-order chi connectivity index (χ1) is 9.08. The van der Waals surface area contributed by atoms with E-state index in [9.17, 15) is 9.18 Å². The average Bonchev–Trinajstić information content (AvgIpc) is 2.43. The first-order valence-electron chi connectivity index (χ1n) is 6.79. The minimum Gasteiger partial charge on any atom is -0.481 e. The number of ether oxygens (including phenoxy) is 1. The molecule has 1 amide bonds. The zero-order valence-electron chi connectivity index (χ0n) is 11.5. The lowest BCUT2D eigenvalue weighted by molar-refractivity contribution is -0.138. The number of aryl methyl sites for hydroxylation is 1. The molecule has 0 N–H and O–H groups in total. The van der Waals surface area contributed by atoms with Crippen LogP contribution in [0.25, 0.3) is 0 Å². The lowest BCUT2D eigenvalue weighted by Crippen LogP contribution is -2.43. The Labute approximate surface area is 113 Å². The number of rotatable bonds is 3. The quantitative estimate of drug-likeness (QED) is 0.841. The summed E-state index contributed by atoms with van der Waals surface area (Å²) in [5.41, 5.74) is 0.572. The lowest BCUT2D eigenvalue weighted by atomic mass is 10.1. The van der Waals surface area contributed by atoms with Crippen LogP contribution in [0.4, 0.5) is 4.39 Å². The third kappa shape index (κ3) is 3.46. The van der Waals surface area contributed by atoms with Gasteiger partial charge in [-0.1, -0.05) is 6.07 Å². The van der Waals surface area contributed by atoms with Crippen molar-refractivity contribution in [2.45, 2.75) is 39.2 Å². The number of likely N-dealkylation sites (tertiary alicyclic amines) is 1. The Morgan fingerprint density at radius 2 is 2.00 bits per heavy atom. The molecule has 1 fully saturated rings. The number of piperidine rings is 1. The van der Waals surface area contributed by atoms with Crippen molar-refractivity contribution in [2.24, 2.45) is 0 Å². The van der Waals surface area contributed by atoms with E-state index in [-0.39, 0.29) is 11.7 Å². The van der Waals surface area contributed by atoms with E-state index in [2.05, 4.69) is 0 Å². The molecule has 3 nitrogen and oxygen atoms in total. The molecule has 1 aromatic carbocycles. The maximum Gasteiger partial charge on any atom is 0.263 e. The standard InChI is InChI=1S/C15H20FNO2/c1-11-6-7-13(10-14(11)16)19-12(2)15(18)17-8-4-3-5-9-17/h6-7,10,12H,3-5,8-9H2,1-2H3. The van der Waals surface area contributed by atoms with E-state index in [1.54, 1.807) is 26.0 Å². The van der Waals surface area contributed by atoms with Gasteiger partial charge in [0.1, 0.15) is 11.6 Å². The normalized spacial score (nSPS) is 17.1. The van der Waals surface area contributed by atoms with Crippen LogP contribution in [-0.2, 0) is 4.79 Å². The Balaban J connectivity index is 1.97. The van der Waals surface area contributed by atoms with Gasteiger partial charge in [0.05, 0.1) is 0 Å². The predicted octanol–water partition coefficient (Wildman–Crippen LogP) is 2.91. The first-order valence-corrected chi connectivity index (χ1v) is 6.79. The Bertz CT molecular complexity index is 455. The number of halogens is 1. The van der Waals surface area contributed by atoms with E-state index < -0.39 is 6.10 Å². The summed E-state index contributed by atoms with van der Waals surface area (Å²) in [6.07, 6.45) is 2.72. The van der Waals surface area contributed by atoms with Crippen LogP contribution in [0, 0.1) is 12.7 Å². The van der Waals surface area contributed by atoms with E-state index in [0.717, 1.165) is 25.9 Å². The second-order valence-corrected chi connectivity index (χ2v) is 5.06. The van der Waals surface area contributed by atoms with Gasteiger partial charge in [0, 0.05) is 19.2 Å². The molecule has 1 unspecified atom stereocenters. The molecular formula is C15H20FNO2. The van der Waals surface area contributed by atoms with Crippen molar-refractivity contribution < 1.29 is 13.9 Å². The molecule has 19 heavy (non-hydrogen) atoms. The van der Waals surface area contributed by atoms with Crippen molar-refractivity contribution in [1.29, 1.82) is 0 Å². The second-order valence-electron chi connectivity index (χ2n) is 5.06. The van der Waals surface area contributed by atoms with Crippen molar-refractivity contribution in [3.63, 3.8) is 0 Å². The molecule has 1 saturated heterocycles. The van der Waals surface area contributed by atoms with Crippen LogP contribution >= 0.6 is 0 Å². The van der Waals surface area contributed by atoms with Gasteiger partial charge in [-0.25, -0.2) is 4.39 Å². The van der Waals surface area contributed by atoms with Gasteiger partial charge in [-0.05, 0) is 44.7 Å². The molecule has 0 bridgehead atoms. The molecule has 0 aromatic heterocycles. The topological polar surface area (TPSA) is 29.5 Å². The SMILES string of the molecule is Cc1ccc(OC(C)C(=O)N2CCCCC2)cc1F. The molecule has 2 rings (SSSR count). The summed E-state index contributed by atoms with van der Waals surface area (Å²) in [6.45, 7) is 5.01. The van der Waals surface area contributed by atoms with Crippen LogP contribution in [0.3, 0.4) is 0 Å². The van der Waals surface area contributed by atoms with Crippen LogP contribution < -0.4 is 4.74 Å². The van der Waals surface area contributed by atoms with Gasteiger partial charge in [-0.3, -0.25) is 4.79 Å². The largest absolute Gasteiger partial charge is 0.481 e. The minimum absolute atomic E-state index is 0.0133. The molecule has 1 aromatic rings. The Morgan fingerprint density at radius 1 is 1.32 bits per heavy atom. The third-order valence-corrected chi connectivity index (χ3v) is 3.47. The smallest absolute Gasteiger partial charge is 0.263 e. The Morgan fingerprint density at radius 3 is 2.63 bits per heavy atom. The predicted molar refractivity (Wildman–Crippen MR) is 71.7 cm³/mol. The highest BCUT2D eigenvalue weighted by Gasteiger charge is 2.23. The molecule has 0 aliphatic carbocycles. The molecule has 0 radical (unpaired) electrons. The number of hydrogen-bond donors (Lipinski definition) is 0. The van der Waals surface area contributed by atoms with Gasteiger partial charge in [0.25, 0.3) is 5.91 Å². The summed E-state index contributed by atoms with van der Waals surface area (Å²) < 4.78 is 18.9. The summed E-state index contributed by atoms with van der Waals surface area (Å²) in [5, 5.41) is 0. The zero-order valence-corrected chi connectivity index (χ0v) is 11.5. The fraction of sp³-hybridized carbons (Fsp3) is 0.533. The number of carbonyl (C=O) groups is 1. The minimum atomic E-state index is -0.569. The summed E-state index contributed by atoms with van der Waals surface area (Å²) in [4.78, 5) is 14.0. The van der Waals surface area contributed by atoms with E-state index in [4.69, 9.17) is 4.74 Å². The Hall–Kier alpha value is -1.58. The van der Waals surface area contributed by atoms with Crippen LogP contribution in [0.15, 0.2) is 18.2 Å². The molecule has 104 valence electrons. The summed E-state index contributed by atoms with van der Waals surface area (Å²) >= 11 is 0. The fourth-order valence-corrected chi connectivity index (χ4v) is 2.27. The monoisotopic (exact) mass is 265 g/mol. The van der Waals surface area contributed by atoms with Crippen molar-refractivity contribution in [3.05, 3.63) is 29.6 Å². The highest BCUT2D eigenvalue weighted by molar-refractivity contribution is 5.81. The zero-order chi connectivity index (χ0) is 13.8. The van der Waals surface area contributed by atoms with Crippen molar-refractivity contribution in [1.82, 2.24) is 4.90 Å². The lowest BCUT2D eigenvalue weighted by Gasteiger charge is -2.29. The van der Waals surface area contributed by atoms with Gasteiger partial charge < -0.3 is 9.64 Å². The molecule has 1 aliphatic rings. The number of carbonyl (C=O) groups excluding carboxylic acids is 1. The molecule has 0 saturated carbocycles. The second kappa shape index (κ2) is 6.04. The van der Waals surface area contributed by atoms with Gasteiger partial charge in [0.15, 0.2) is 6.10 Å². The van der Waals surface area contributed by atoms with Gasteiger partial charge in [-0.15, -0.1) is 0 Å². The molecule has 1 heterocycles. The Kier molecular flexibility index (Phi) is 4.40. The van der Waals surface area contributed by atoms with Gasteiger partial charge >= 0.3 is 0 Å². The molecule has 0 spiro atoms. The van der Waals surface area contributed by atoms with Crippen molar-refractivity contribution >= 4 is 5.91 Å². The van der Waals surface area contributed by atoms with E-state index in [1.165, 1.54) is 12.5 Å². The molecular weight excluding hydrogens is 245 g/mol. The number of amides is 1. The highest BCUT2D eigenvalue weighted by Crippen LogP contribution is 2.18. The highest BCUT2D eigenvalue weighted by atomic mass is 19.1. The van der Waals surface area contributed by atoms with Crippen molar-refractivity contribution in [3.8, 4) is 5.75 Å². The number of nitrogens with zero attached hydrogens (tertiary/aromatic N) is 1. The summed E-state index contributed by atoms with van der Waals surface area (Å²) in [7, 11) is 0. The van der Waals surface area contributed by atoms with E-state index in [0.29, 0.717) is 11.3 Å². The van der Waals surface area contributed by atoms with Crippen LogP contribution in [0.2, 0.25) is 0 Å². The van der Waals surface area contributed by atoms with Gasteiger partial charge in [-0.2, -0.15) is 0 Å². The van der Waals surface area contributed by atoms with E-state index >= 15 is 0 Å². The third-order valence-electron chi connectivity index (χ3n) is 3.47. The maximum atomic E-state index is 13.4. The fourth-order valence-electron chi connectivity index (χ4n) is 2.27. The van der Waals surface area contributed by atoms with E-state index in [1.807, 2.05) is 4.90 Å². The molecule has 1 atom stereocenters. The van der Waals surface area contributed by atoms with Crippen molar-refractivity contribution in [2.75, 3.05) is 13.1 Å². The first kappa shape index (κ1) is 13.8. The summed E-state index contributed by atoms with van der Waals surface area (Å²) in [5.74, 6) is 0.0803. The number of benzene rings is 1. The maximum absolute atomic E-state index is 13.4. The average molecular weight is 265 g/mol. The van der Waals surface area contributed by atoms with Crippen LogP contribution in [0.1, 0.15) is 31.7 Å². The van der Waals surface area contributed by atoms with Crippen LogP contribution in [-0.4, -0.2) is 30.0 Å². The molecule has 1 aliphatic heterocycles.